The van der Waals surface area contributed by atoms with Crippen molar-refractivity contribution in [1.82, 2.24) is 0 Å². The molecule has 0 aromatic rings. The minimum atomic E-state index is -5.17. The van der Waals surface area contributed by atoms with E-state index < -0.39 is 20.8 Å². The summed E-state index contributed by atoms with van der Waals surface area (Å²) in [7, 11) is -9.83. The van der Waals surface area contributed by atoms with Gasteiger partial charge in [-0.05, 0) is 0 Å². The van der Waals surface area contributed by atoms with Gasteiger partial charge in [0.15, 0.2) is 0 Å². The second-order valence-corrected chi connectivity index (χ2v) is 2.57. The Morgan fingerprint density at radius 3 is 0.579 bits per heavy atom. The first kappa shape index (κ1) is 95.8. The number of hydrogen-bond acceptors (Lipinski definition) is 6. The maximum Gasteiger partial charge on any atom is 2.00 e. The van der Waals surface area contributed by atoms with Gasteiger partial charge >= 0.3 is 29.9 Å². The molecule has 0 saturated carbocycles. The van der Waals surface area contributed by atoms with E-state index in [1.807, 2.05) is 0 Å². The third-order valence-electron chi connectivity index (χ3n) is 0. The minimum Gasteiger partial charge on any atom is -0.759 e. The third-order valence-corrected chi connectivity index (χ3v) is 0. The van der Waals surface area contributed by atoms with Crippen molar-refractivity contribution in [3.63, 3.8) is 0 Å². The molecule has 0 saturated heterocycles. The third kappa shape index (κ3) is 2470000. The molecule has 19 heteroatoms. The van der Waals surface area contributed by atoms with E-state index in [0.29, 0.717) is 0 Å². The van der Waals surface area contributed by atoms with Gasteiger partial charge in [-0.15, -0.1) is 0 Å². The first-order valence-electron chi connectivity index (χ1n) is 1.37. The average Bonchev–Trinajstić information content (AvgIpc) is 1.12. The molecule has 0 amide bonds. The zero-order valence-corrected chi connectivity index (χ0v) is 13.5. The van der Waals surface area contributed by atoms with Crippen molar-refractivity contribution in [1.29, 1.82) is 0 Å². The first-order chi connectivity index (χ1) is 4.00. The zero-order valence-electron chi connectivity index (χ0n) is 8.87. The molecule has 16 nitrogen and oxygen atoms in total. The van der Waals surface area contributed by atoms with Gasteiger partial charge in [0.1, 0.15) is 0 Å². The SMILES string of the molecule is O.O.O.O.O.O.O.O.O=S(=O)(O)O.O=S(=O)([O-])[O-].[Zn+2]. The molecular weight excluding hydrogens is 386 g/mol. The summed E-state index contributed by atoms with van der Waals surface area (Å²) in [5.74, 6) is 0. The van der Waals surface area contributed by atoms with Crippen molar-refractivity contribution in [3.05, 3.63) is 0 Å². The van der Waals surface area contributed by atoms with Crippen LogP contribution in [0.15, 0.2) is 0 Å². The molecule has 19 heavy (non-hydrogen) atoms. The molecule has 0 aliphatic carbocycles. The van der Waals surface area contributed by atoms with Crippen LogP contribution in [-0.4, -0.2) is 78.9 Å². The van der Waals surface area contributed by atoms with Gasteiger partial charge in [-0.1, -0.05) is 0 Å². The molecule has 0 atom stereocenters. The zero-order chi connectivity index (χ0) is 9.00. The normalized spacial score (nSPS) is 6.11. The molecular formula is H18O16S2Zn. The molecule has 128 valence electrons. The predicted octanol–water partition coefficient (Wildman–Crippen LogP) is -8.59. The van der Waals surface area contributed by atoms with Gasteiger partial charge in [0.2, 0.25) is 0 Å². The van der Waals surface area contributed by atoms with E-state index in [1.165, 1.54) is 0 Å². The molecule has 0 aromatic carbocycles. The molecule has 0 aliphatic heterocycles. The topological polar surface area (TPSA) is 407 Å². The Hall–Kier alpha value is 0.0434. The van der Waals surface area contributed by atoms with Crippen molar-refractivity contribution < 1.29 is 98.3 Å². The van der Waals surface area contributed by atoms with Crippen molar-refractivity contribution >= 4 is 20.8 Å². The summed E-state index contributed by atoms with van der Waals surface area (Å²) in [6, 6.07) is 0. The Labute approximate surface area is 119 Å². The van der Waals surface area contributed by atoms with Gasteiger partial charge in [-0.3, -0.25) is 17.5 Å². The van der Waals surface area contributed by atoms with Crippen LogP contribution in [0, 0.1) is 0 Å². The molecule has 18 N–H and O–H groups in total. The van der Waals surface area contributed by atoms with Crippen LogP contribution >= 0.6 is 0 Å². The van der Waals surface area contributed by atoms with Crippen molar-refractivity contribution in [2.75, 3.05) is 0 Å². The number of hydrogen-bond donors (Lipinski definition) is 2. The van der Waals surface area contributed by atoms with E-state index >= 15 is 0 Å². The molecule has 0 unspecified atom stereocenters. The Morgan fingerprint density at radius 1 is 0.579 bits per heavy atom. The molecule has 0 spiro atoms. The Morgan fingerprint density at radius 2 is 0.579 bits per heavy atom. The van der Waals surface area contributed by atoms with E-state index in [1.54, 1.807) is 0 Å². The summed E-state index contributed by atoms with van der Waals surface area (Å²) in [4.78, 5) is 0. The van der Waals surface area contributed by atoms with Gasteiger partial charge in [0.05, 0.1) is 0 Å². The van der Waals surface area contributed by atoms with Gasteiger partial charge < -0.3 is 52.9 Å². The molecule has 0 bridgehead atoms. The minimum absolute atomic E-state index is 0. The van der Waals surface area contributed by atoms with E-state index in [2.05, 4.69) is 0 Å². The van der Waals surface area contributed by atoms with Crippen LogP contribution in [-0.2, 0) is 40.3 Å². The van der Waals surface area contributed by atoms with E-state index in [0.717, 1.165) is 0 Å². The van der Waals surface area contributed by atoms with Crippen LogP contribution in [0.5, 0.6) is 0 Å². The van der Waals surface area contributed by atoms with Crippen LogP contribution < -0.4 is 0 Å². The number of rotatable bonds is 0. The Bertz CT molecular complexity index is 211. The molecule has 0 heterocycles. The van der Waals surface area contributed by atoms with Crippen molar-refractivity contribution in [3.8, 4) is 0 Å². The first-order valence-corrected chi connectivity index (χ1v) is 4.10. The second kappa shape index (κ2) is 36.1. The average molecular weight is 404 g/mol. The molecule has 0 aromatic heterocycles. The maximum absolute atomic E-state index is 8.74. The summed E-state index contributed by atoms with van der Waals surface area (Å²) in [6.07, 6.45) is 0. The monoisotopic (exact) mass is 402 g/mol. The fraction of sp³-hybridized carbons (Fsp3) is 0. The quantitative estimate of drug-likeness (QED) is 0.221. The second-order valence-electron chi connectivity index (χ2n) is 0.856. The predicted molar refractivity (Wildman–Crippen MR) is 53.6 cm³/mol. The summed E-state index contributed by atoms with van der Waals surface area (Å²) in [6.45, 7) is 0. The Kier molecular flexibility index (Phi) is 182. The summed E-state index contributed by atoms with van der Waals surface area (Å²) in [5, 5.41) is 0. The maximum atomic E-state index is 8.74. The van der Waals surface area contributed by atoms with Crippen LogP contribution in [0.25, 0.3) is 0 Å². The fourth-order valence-corrected chi connectivity index (χ4v) is 0. The fourth-order valence-electron chi connectivity index (χ4n) is 0. The molecule has 0 rings (SSSR count). The van der Waals surface area contributed by atoms with Crippen LogP contribution in [0.2, 0.25) is 0 Å². The molecule has 0 radical (unpaired) electrons. The van der Waals surface area contributed by atoms with Gasteiger partial charge in [-0.25, -0.2) is 0 Å². The van der Waals surface area contributed by atoms with Crippen LogP contribution in [0.4, 0.5) is 0 Å². The van der Waals surface area contributed by atoms with Crippen LogP contribution in [0.3, 0.4) is 0 Å². The smallest absolute Gasteiger partial charge is 0.759 e. The van der Waals surface area contributed by atoms with E-state index in [-0.39, 0.29) is 63.3 Å². The van der Waals surface area contributed by atoms with Gasteiger partial charge in [-0.2, -0.15) is 8.42 Å². The molecule has 0 fully saturated rings. The Balaban J connectivity index is -0.00000000508. The summed E-state index contributed by atoms with van der Waals surface area (Å²) >= 11 is 0. The summed E-state index contributed by atoms with van der Waals surface area (Å²) < 4.78 is 65.7. The van der Waals surface area contributed by atoms with Crippen molar-refractivity contribution in [2.45, 2.75) is 0 Å². The van der Waals surface area contributed by atoms with Gasteiger partial charge in [0, 0.05) is 10.4 Å². The standard InChI is InChI=1S/2H2O4S.8H2O.Zn/c2*1-5(2,3)4;;;;;;;;;/h2*(H2,1,2,3,4);8*1H2;/q;;;;;;;;;;+2/p-2. The summed E-state index contributed by atoms with van der Waals surface area (Å²) in [5.41, 5.74) is 0. The van der Waals surface area contributed by atoms with E-state index in [9.17, 15) is 0 Å². The van der Waals surface area contributed by atoms with Crippen LogP contribution in [0.1, 0.15) is 0 Å². The van der Waals surface area contributed by atoms with Crippen molar-refractivity contribution in [2.24, 2.45) is 0 Å². The van der Waals surface area contributed by atoms with E-state index in [4.69, 9.17) is 35.0 Å². The largest absolute Gasteiger partial charge is 2.00 e. The molecule has 0 aliphatic rings. The van der Waals surface area contributed by atoms with Gasteiger partial charge in [0.25, 0.3) is 0 Å².